The van der Waals surface area contributed by atoms with Crippen molar-refractivity contribution in [3.8, 4) is 0 Å². The molecule has 1 amide bonds. The molecule has 0 aromatic carbocycles. The molecule has 2 atom stereocenters. The normalized spacial score (nSPS) is 20.2. The number of aryl methyl sites for hydroxylation is 1. The van der Waals surface area contributed by atoms with E-state index >= 15 is 0 Å². The first kappa shape index (κ1) is 13.1. The third kappa shape index (κ3) is 3.13. The van der Waals surface area contributed by atoms with E-state index in [0.717, 1.165) is 43.4 Å². The molecule has 2 unspecified atom stereocenters. The van der Waals surface area contributed by atoms with E-state index in [1.807, 2.05) is 6.07 Å². The van der Waals surface area contributed by atoms with E-state index in [1.54, 1.807) is 6.26 Å². The van der Waals surface area contributed by atoms with Gasteiger partial charge in [0.2, 0.25) is 5.91 Å². The highest BCUT2D eigenvalue weighted by Crippen LogP contribution is 2.30. The minimum Gasteiger partial charge on any atom is -0.469 e. The molecule has 0 spiro atoms. The molecule has 100 valence electrons. The third-order valence-corrected chi connectivity index (χ3v) is 3.49. The molecule has 0 saturated carbocycles. The van der Waals surface area contributed by atoms with Crippen molar-refractivity contribution in [1.29, 1.82) is 0 Å². The summed E-state index contributed by atoms with van der Waals surface area (Å²) in [6.45, 7) is 2.08. The van der Waals surface area contributed by atoms with Crippen molar-refractivity contribution in [3.63, 3.8) is 0 Å². The average Bonchev–Trinajstić information content (AvgIpc) is 2.78. The summed E-state index contributed by atoms with van der Waals surface area (Å²) in [6, 6.07) is 2.04. The lowest BCUT2D eigenvalue weighted by Gasteiger charge is -2.23. The van der Waals surface area contributed by atoms with Crippen molar-refractivity contribution in [2.24, 2.45) is 5.73 Å². The maximum atomic E-state index is 11.9. The molecule has 0 bridgehead atoms. The second-order valence-electron chi connectivity index (χ2n) is 5.06. The number of hydrogen-bond donors (Lipinski definition) is 2. The lowest BCUT2D eigenvalue weighted by Crippen LogP contribution is -2.35. The number of rotatable bonds is 5. The molecule has 0 saturated heterocycles. The van der Waals surface area contributed by atoms with Gasteiger partial charge in [-0.1, -0.05) is 13.3 Å². The smallest absolute Gasteiger partial charge is 0.222 e. The number of amides is 1. The molecule has 3 N–H and O–H groups in total. The molecule has 0 aliphatic heterocycles. The fourth-order valence-corrected chi connectivity index (χ4v) is 2.60. The van der Waals surface area contributed by atoms with Crippen molar-refractivity contribution in [3.05, 3.63) is 23.7 Å². The van der Waals surface area contributed by atoms with Crippen molar-refractivity contribution < 1.29 is 9.21 Å². The Labute approximate surface area is 108 Å². The molecule has 1 aromatic rings. The van der Waals surface area contributed by atoms with Gasteiger partial charge in [0.1, 0.15) is 5.76 Å². The molecular weight excluding hydrogens is 228 g/mol. The SMILES string of the molecule is CCCC(N)CC(=O)NC1CCCc2occc21. The molecule has 1 aliphatic rings. The maximum Gasteiger partial charge on any atom is 0.222 e. The lowest BCUT2D eigenvalue weighted by molar-refractivity contribution is -0.122. The Hall–Kier alpha value is -1.29. The highest BCUT2D eigenvalue weighted by molar-refractivity contribution is 5.77. The van der Waals surface area contributed by atoms with Crippen LogP contribution in [-0.2, 0) is 11.2 Å². The van der Waals surface area contributed by atoms with E-state index in [-0.39, 0.29) is 18.0 Å². The van der Waals surface area contributed by atoms with Gasteiger partial charge < -0.3 is 15.5 Å². The van der Waals surface area contributed by atoms with Gasteiger partial charge in [-0.2, -0.15) is 0 Å². The Balaban J connectivity index is 1.89. The van der Waals surface area contributed by atoms with Crippen LogP contribution in [0.25, 0.3) is 0 Å². The van der Waals surface area contributed by atoms with Gasteiger partial charge >= 0.3 is 0 Å². The zero-order valence-corrected chi connectivity index (χ0v) is 10.9. The fraction of sp³-hybridized carbons (Fsp3) is 0.643. The van der Waals surface area contributed by atoms with E-state index < -0.39 is 0 Å². The van der Waals surface area contributed by atoms with E-state index in [2.05, 4.69) is 12.2 Å². The van der Waals surface area contributed by atoms with Gasteiger partial charge in [0, 0.05) is 24.4 Å². The first-order chi connectivity index (χ1) is 8.70. The monoisotopic (exact) mass is 250 g/mol. The van der Waals surface area contributed by atoms with Gasteiger partial charge in [-0.25, -0.2) is 0 Å². The first-order valence-corrected chi connectivity index (χ1v) is 6.82. The van der Waals surface area contributed by atoms with Crippen LogP contribution in [0.1, 0.15) is 56.4 Å². The Morgan fingerprint density at radius 1 is 1.67 bits per heavy atom. The van der Waals surface area contributed by atoms with Gasteiger partial charge in [-0.3, -0.25) is 4.79 Å². The molecule has 4 heteroatoms. The van der Waals surface area contributed by atoms with Gasteiger partial charge in [0.15, 0.2) is 0 Å². The molecular formula is C14H22N2O2. The summed E-state index contributed by atoms with van der Waals surface area (Å²) in [5.41, 5.74) is 7.02. The van der Waals surface area contributed by atoms with Gasteiger partial charge in [0.25, 0.3) is 0 Å². The van der Waals surface area contributed by atoms with Crippen LogP contribution in [0.4, 0.5) is 0 Å². The molecule has 1 heterocycles. The van der Waals surface area contributed by atoms with E-state index in [1.165, 1.54) is 0 Å². The zero-order valence-electron chi connectivity index (χ0n) is 10.9. The Kier molecular flexibility index (Phi) is 4.42. The fourth-order valence-electron chi connectivity index (χ4n) is 2.60. The highest BCUT2D eigenvalue weighted by Gasteiger charge is 2.24. The van der Waals surface area contributed by atoms with Crippen LogP contribution in [0.3, 0.4) is 0 Å². The summed E-state index contributed by atoms with van der Waals surface area (Å²) in [7, 11) is 0. The summed E-state index contributed by atoms with van der Waals surface area (Å²) in [4.78, 5) is 11.9. The minimum absolute atomic E-state index is 0.0255. The number of furan rings is 1. The van der Waals surface area contributed by atoms with Crippen LogP contribution in [0.2, 0.25) is 0 Å². The van der Waals surface area contributed by atoms with E-state index in [9.17, 15) is 4.79 Å². The molecule has 4 nitrogen and oxygen atoms in total. The minimum atomic E-state index is -0.0255. The number of carbonyl (C=O) groups is 1. The topological polar surface area (TPSA) is 68.3 Å². The van der Waals surface area contributed by atoms with Crippen LogP contribution < -0.4 is 11.1 Å². The van der Waals surface area contributed by atoms with Crippen molar-refractivity contribution in [1.82, 2.24) is 5.32 Å². The Bertz CT molecular complexity index is 400. The van der Waals surface area contributed by atoms with E-state index in [0.29, 0.717) is 6.42 Å². The standard InChI is InChI=1S/C14H22N2O2/c1-2-4-10(15)9-14(17)16-12-5-3-6-13-11(12)7-8-18-13/h7-8,10,12H,2-6,9,15H2,1H3,(H,16,17). The van der Waals surface area contributed by atoms with Crippen molar-refractivity contribution in [2.45, 2.75) is 57.5 Å². The summed E-state index contributed by atoms with van der Waals surface area (Å²) in [5.74, 6) is 1.07. The quantitative estimate of drug-likeness (QED) is 0.842. The summed E-state index contributed by atoms with van der Waals surface area (Å²) in [6.07, 6.45) is 7.06. The van der Waals surface area contributed by atoms with Crippen LogP contribution in [0.15, 0.2) is 16.7 Å². The van der Waals surface area contributed by atoms with Crippen molar-refractivity contribution >= 4 is 5.91 Å². The summed E-state index contributed by atoms with van der Waals surface area (Å²) in [5, 5.41) is 3.07. The number of nitrogens with one attached hydrogen (secondary N) is 1. The summed E-state index contributed by atoms with van der Waals surface area (Å²) < 4.78 is 5.41. The number of carbonyl (C=O) groups excluding carboxylic acids is 1. The van der Waals surface area contributed by atoms with Gasteiger partial charge in [0.05, 0.1) is 12.3 Å². The zero-order chi connectivity index (χ0) is 13.0. The molecule has 0 fully saturated rings. The van der Waals surface area contributed by atoms with Gasteiger partial charge in [-0.15, -0.1) is 0 Å². The Morgan fingerprint density at radius 2 is 2.50 bits per heavy atom. The highest BCUT2D eigenvalue weighted by atomic mass is 16.3. The van der Waals surface area contributed by atoms with Crippen LogP contribution in [0, 0.1) is 0 Å². The second-order valence-corrected chi connectivity index (χ2v) is 5.06. The van der Waals surface area contributed by atoms with Crippen LogP contribution in [0.5, 0.6) is 0 Å². The Morgan fingerprint density at radius 3 is 3.28 bits per heavy atom. The maximum absolute atomic E-state index is 11.9. The van der Waals surface area contributed by atoms with E-state index in [4.69, 9.17) is 10.2 Å². The second kappa shape index (κ2) is 6.05. The first-order valence-electron chi connectivity index (χ1n) is 6.82. The molecule has 18 heavy (non-hydrogen) atoms. The molecule has 0 radical (unpaired) electrons. The number of fused-ring (bicyclic) bond motifs is 1. The van der Waals surface area contributed by atoms with Crippen molar-refractivity contribution in [2.75, 3.05) is 0 Å². The van der Waals surface area contributed by atoms with Crippen LogP contribution in [-0.4, -0.2) is 11.9 Å². The lowest BCUT2D eigenvalue weighted by atomic mass is 9.93. The number of hydrogen-bond acceptors (Lipinski definition) is 3. The third-order valence-electron chi connectivity index (χ3n) is 3.49. The predicted octanol–water partition coefficient (Wildman–Crippen LogP) is 2.29. The molecule has 1 aromatic heterocycles. The predicted molar refractivity (Wildman–Crippen MR) is 70.0 cm³/mol. The average molecular weight is 250 g/mol. The number of nitrogens with two attached hydrogens (primary N) is 1. The largest absolute Gasteiger partial charge is 0.469 e. The molecule has 2 rings (SSSR count). The van der Waals surface area contributed by atoms with Crippen LogP contribution >= 0.6 is 0 Å². The van der Waals surface area contributed by atoms with Gasteiger partial charge in [-0.05, 0) is 25.3 Å². The molecule has 1 aliphatic carbocycles. The summed E-state index contributed by atoms with van der Waals surface area (Å²) >= 11 is 0.